The second kappa shape index (κ2) is 9.01. The number of carbonyl (C=O) groups is 1. The molecule has 3 aromatic carbocycles. The number of benzene rings is 3. The molecule has 0 saturated heterocycles. The minimum absolute atomic E-state index is 0.0595. The normalized spacial score (nSPS) is 11.4. The fourth-order valence-electron chi connectivity index (χ4n) is 3.57. The molecule has 0 fully saturated rings. The first-order valence-corrected chi connectivity index (χ1v) is 10.3. The number of nitrogens with zero attached hydrogens (tertiary/aromatic N) is 2. The van der Waals surface area contributed by atoms with Gasteiger partial charge in [-0.1, -0.05) is 18.2 Å². The zero-order valence-electron chi connectivity index (χ0n) is 18.3. The summed E-state index contributed by atoms with van der Waals surface area (Å²) in [5.41, 5.74) is 1.32. The monoisotopic (exact) mass is 467 g/mol. The van der Waals surface area contributed by atoms with Crippen molar-refractivity contribution in [1.82, 2.24) is 9.55 Å². The topological polar surface area (TPSA) is 73.2 Å². The number of aryl methyl sites for hydroxylation is 2. The van der Waals surface area contributed by atoms with E-state index in [1.807, 2.05) is 6.07 Å². The van der Waals surface area contributed by atoms with Crippen molar-refractivity contribution >= 4 is 22.5 Å². The van der Waals surface area contributed by atoms with Crippen molar-refractivity contribution in [3.8, 4) is 11.4 Å². The molecule has 9 heteroatoms. The lowest BCUT2D eigenvalue weighted by Crippen LogP contribution is -2.23. The van der Waals surface area contributed by atoms with E-state index in [2.05, 4.69) is 10.3 Å². The van der Waals surface area contributed by atoms with Crippen molar-refractivity contribution < 1.29 is 22.7 Å². The highest BCUT2D eigenvalue weighted by Crippen LogP contribution is 2.31. The van der Waals surface area contributed by atoms with Crippen molar-refractivity contribution in [2.45, 2.75) is 20.0 Å². The maximum atomic E-state index is 13.0. The highest BCUT2D eigenvalue weighted by Gasteiger charge is 2.30. The smallest absolute Gasteiger partial charge is 0.416 e. The van der Waals surface area contributed by atoms with Crippen LogP contribution in [0.25, 0.3) is 16.6 Å². The van der Waals surface area contributed by atoms with Crippen molar-refractivity contribution in [3.63, 3.8) is 0 Å². The van der Waals surface area contributed by atoms with Crippen LogP contribution in [0, 0.1) is 13.8 Å². The average molecular weight is 467 g/mol. The van der Waals surface area contributed by atoms with Crippen LogP contribution in [0.2, 0.25) is 0 Å². The van der Waals surface area contributed by atoms with Gasteiger partial charge in [0.2, 0.25) is 0 Å². The Morgan fingerprint density at radius 3 is 2.53 bits per heavy atom. The van der Waals surface area contributed by atoms with Crippen molar-refractivity contribution in [1.29, 1.82) is 0 Å². The second-order valence-electron chi connectivity index (χ2n) is 7.68. The number of aromatic nitrogens is 2. The molecule has 0 bridgehead atoms. The lowest BCUT2D eigenvalue weighted by atomic mass is 10.1. The quantitative estimate of drug-likeness (QED) is 0.446. The first kappa shape index (κ1) is 23.0. The van der Waals surface area contributed by atoms with Gasteiger partial charge in [-0.15, -0.1) is 0 Å². The molecule has 0 saturated carbocycles. The molecule has 4 aromatic rings. The zero-order valence-corrected chi connectivity index (χ0v) is 18.3. The summed E-state index contributed by atoms with van der Waals surface area (Å²) >= 11 is 0. The summed E-state index contributed by atoms with van der Waals surface area (Å²) in [6.45, 7) is 3.04. The minimum Gasteiger partial charge on any atom is -0.484 e. The predicted octanol–water partition coefficient (Wildman–Crippen LogP) is 5.04. The molecule has 4 rings (SSSR count). The number of para-hydroxylation sites is 1. The Bertz CT molecular complexity index is 1450. The number of ether oxygens (including phenoxy) is 1. The summed E-state index contributed by atoms with van der Waals surface area (Å²) in [7, 11) is 0. The number of hydrogen-bond donors (Lipinski definition) is 1. The van der Waals surface area contributed by atoms with E-state index < -0.39 is 24.3 Å². The highest BCUT2D eigenvalue weighted by molar-refractivity contribution is 5.92. The molecule has 1 heterocycles. The van der Waals surface area contributed by atoms with Gasteiger partial charge >= 0.3 is 6.18 Å². The van der Waals surface area contributed by atoms with Crippen LogP contribution in [0.3, 0.4) is 0 Å². The summed E-state index contributed by atoms with van der Waals surface area (Å²) in [6, 6.07) is 16.5. The van der Waals surface area contributed by atoms with Gasteiger partial charge in [0.1, 0.15) is 11.6 Å². The summed E-state index contributed by atoms with van der Waals surface area (Å²) < 4.78 is 45.2. The molecule has 0 radical (unpaired) electrons. The third-order valence-corrected chi connectivity index (χ3v) is 5.22. The number of alkyl halides is 3. The molecule has 0 aliphatic carbocycles. The third kappa shape index (κ3) is 4.78. The van der Waals surface area contributed by atoms with E-state index in [-0.39, 0.29) is 11.3 Å². The summed E-state index contributed by atoms with van der Waals surface area (Å²) in [6.07, 6.45) is -4.50. The van der Waals surface area contributed by atoms with E-state index >= 15 is 0 Å². The summed E-state index contributed by atoms with van der Waals surface area (Å²) in [5.74, 6) is -0.0703. The number of rotatable bonds is 5. The molecular weight excluding hydrogens is 447 g/mol. The van der Waals surface area contributed by atoms with Crippen LogP contribution in [-0.2, 0) is 11.0 Å². The van der Waals surface area contributed by atoms with Gasteiger partial charge in [0.25, 0.3) is 11.5 Å². The van der Waals surface area contributed by atoms with Gasteiger partial charge in [0.15, 0.2) is 6.61 Å². The Morgan fingerprint density at radius 1 is 1.03 bits per heavy atom. The molecule has 1 amide bonds. The van der Waals surface area contributed by atoms with Crippen LogP contribution in [0.15, 0.2) is 71.5 Å². The van der Waals surface area contributed by atoms with E-state index in [1.54, 1.807) is 50.2 Å². The van der Waals surface area contributed by atoms with Gasteiger partial charge < -0.3 is 10.1 Å². The standard InChI is InChI=1S/C25H20F3N3O3/c1-15-12-18(31-16(2)29-22-9-4-3-8-20(22)24(31)33)10-11-21(15)30-23(32)14-34-19-7-5-6-17(13-19)25(26,27)28/h3-13H,14H2,1-2H3,(H,30,32). The average Bonchev–Trinajstić information content (AvgIpc) is 2.79. The molecule has 0 spiro atoms. The van der Waals surface area contributed by atoms with Gasteiger partial charge in [-0.2, -0.15) is 13.2 Å². The van der Waals surface area contributed by atoms with Gasteiger partial charge in [0, 0.05) is 5.69 Å². The first-order chi connectivity index (χ1) is 16.1. The van der Waals surface area contributed by atoms with Gasteiger partial charge in [-0.05, 0) is 67.9 Å². The van der Waals surface area contributed by atoms with Crippen molar-refractivity contribution in [2.24, 2.45) is 0 Å². The molecule has 0 unspecified atom stereocenters. The van der Waals surface area contributed by atoms with Crippen LogP contribution in [0.1, 0.15) is 17.0 Å². The first-order valence-electron chi connectivity index (χ1n) is 10.3. The fraction of sp³-hybridized carbons (Fsp3) is 0.160. The maximum absolute atomic E-state index is 13.0. The fourth-order valence-corrected chi connectivity index (χ4v) is 3.57. The van der Waals surface area contributed by atoms with E-state index in [9.17, 15) is 22.8 Å². The lowest BCUT2D eigenvalue weighted by molar-refractivity contribution is -0.137. The van der Waals surface area contributed by atoms with Crippen LogP contribution in [-0.4, -0.2) is 22.1 Å². The van der Waals surface area contributed by atoms with E-state index in [0.29, 0.717) is 33.7 Å². The van der Waals surface area contributed by atoms with E-state index in [4.69, 9.17) is 4.74 Å². The Kier molecular flexibility index (Phi) is 6.10. The predicted molar refractivity (Wildman–Crippen MR) is 122 cm³/mol. The van der Waals surface area contributed by atoms with Gasteiger partial charge in [0.05, 0.1) is 22.2 Å². The molecular formula is C25H20F3N3O3. The minimum atomic E-state index is -4.50. The third-order valence-electron chi connectivity index (χ3n) is 5.22. The Balaban J connectivity index is 1.50. The Morgan fingerprint density at radius 2 is 1.79 bits per heavy atom. The van der Waals surface area contributed by atoms with Crippen LogP contribution < -0.4 is 15.6 Å². The molecule has 1 N–H and O–H groups in total. The highest BCUT2D eigenvalue weighted by atomic mass is 19.4. The lowest BCUT2D eigenvalue weighted by Gasteiger charge is -2.14. The Labute approximate surface area is 192 Å². The van der Waals surface area contributed by atoms with Crippen LogP contribution in [0.5, 0.6) is 5.75 Å². The number of halogens is 3. The maximum Gasteiger partial charge on any atom is 0.416 e. The number of amides is 1. The number of carbonyl (C=O) groups excluding carboxylic acids is 1. The molecule has 0 aliphatic rings. The number of anilines is 1. The summed E-state index contributed by atoms with van der Waals surface area (Å²) in [5, 5.41) is 3.17. The second-order valence-corrected chi connectivity index (χ2v) is 7.68. The van der Waals surface area contributed by atoms with Gasteiger partial charge in [-0.3, -0.25) is 14.2 Å². The molecule has 0 atom stereocenters. The van der Waals surface area contributed by atoms with Crippen molar-refractivity contribution in [3.05, 3.63) is 94.0 Å². The molecule has 6 nitrogen and oxygen atoms in total. The molecule has 0 aliphatic heterocycles. The zero-order chi connectivity index (χ0) is 24.5. The molecule has 1 aromatic heterocycles. The number of hydrogen-bond acceptors (Lipinski definition) is 4. The van der Waals surface area contributed by atoms with E-state index in [0.717, 1.165) is 12.1 Å². The van der Waals surface area contributed by atoms with Crippen LogP contribution in [0.4, 0.5) is 18.9 Å². The van der Waals surface area contributed by atoms with Gasteiger partial charge in [-0.25, -0.2) is 4.98 Å². The SMILES string of the molecule is Cc1cc(-n2c(C)nc3ccccc3c2=O)ccc1NC(=O)COc1cccc(C(F)(F)F)c1. The van der Waals surface area contributed by atoms with Crippen molar-refractivity contribution in [2.75, 3.05) is 11.9 Å². The summed E-state index contributed by atoms with van der Waals surface area (Å²) in [4.78, 5) is 29.8. The number of nitrogens with one attached hydrogen (secondary N) is 1. The number of fused-ring (bicyclic) bond motifs is 1. The van der Waals surface area contributed by atoms with Crippen LogP contribution >= 0.6 is 0 Å². The molecule has 34 heavy (non-hydrogen) atoms. The largest absolute Gasteiger partial charge is 0.484 e. The molecule has 174 valence electrons. The van der Waals surface area contributed by atoms with E-state index in [1.165, 1.54) is 16.7 Å². The Hall–Kier alpha value is -4.14.